The van der Waals surface area contributed by atoms with Gasteiger partial charge in [0.1, 0.15) is 5.25 Å². The van der Waals surface area contributed by atoms with Crippen LogP contribution in [0.4, 0.5) is 11.4 Å². The van der Waals surface area contributed by atoms with Gasteiger partial charge in [-0.2, -0.15) is 0 Å². The summed E-state index contributed by atoms with van der Waals surface area (Å²) >= 11 is 1.29. The summed E-state index contributed by atoms with van der Waals surface area (Å²) in [6, 6.07) is 15.2. The molecule has 1 atom stereocenters. The summed E-state index contributed by atoms with van der Waals surface area (Å²) in [4.78, 5) is 28.7. The van der Waals surface area contributed by atoms with Crippen molar-refractivity contribution in [1.29, 1.82) is 0 Å². The van der Waals surface area contributed by atoms with Crippen LogP contribution < -0.4 is 10.6 Å². The Bertz CT molecular complexity index is 834. The zero-order valence-electron chi connectivity index (χ0n) is 14.1. The Labute approximate surface area is 150 Å². The third-order valence-electron chi connectivity index (χ3n) is 3.79. The van der Waals surface area contributed by atoms with Crippen molar-refractivity contribution in [2.75, 3.05) is 5.32 Å². The number of aliphatic imine (C=N–C) groups is 1. The van der Waals surface area contributed by atoms with E-state index in [1.807, 2.05) is 62.4 Å². The highest BCUT2D eigenvalue weighted by Crippen LogP contribution is 2.26. The van der Waals surface area contributed by atoms with Crippen LogP contribution in [0.2, 0.25) is 0 Å². The molecule has 1 saturated heterocycles. The number of anilines is 1. The SMILES string of the molecule is Cc1ccc(NC(=O)C[C@H]2SC(=Nc3ccccc3)NC2=O)c(C)c1. The first-order valence-electron chi connectivity index (χ1n) is 7.99. The number of hydrogen-bond donors (Lipinski definition) is 2. The van der Waals surface area contributed by atoms with Gasteiger partial charge in [0.2, 0.25) is 11.8 Å². The molecule has 128 valence electrons. The summed E-state index contributed by atoms with van der Waals surface area (Å²) in [5.41, 5.74) is 3.69. The van der Waals surface area contributed by atoms with Crippen LogP contribution in [0.15, 0.2) is 53.5 Å². The van der Waals surface area contributed by atoms with Gasteiger partial charge < -0.3 is 10.6 Å². The van der Waals surface area contributed by atoms with E-state index in [1.54, 1.807) is 0 Å². The molecule has 2 amide bonds. The number of nitrogens with zero attached hydrogens (tertiary/aromatic N) is 1. The van der Waals surface area contributed by atoms with Gasteiger partial charge in [-0.25, -0.2) is 4.99 Å². The fourth-order valence-electron chi connectivity index (χ4n) is 2.54. The topological polar surface area (TPSA) is 70.6 Å². The summed E-state index contributed by atoms with van der Waals surface area (Å²) in [5.74, 6) is -0.365. The monoisotopic (exact) mass is 353 g/mol. The first-order valence-corrected chi connectivity index (χ1v) is 8.87. The van der Waals surface area contributed by atoms with Crippen molar-refractivity contribution < 1.29 is 9.59 Å². The van der Waals surface area contributed by atoms with Crippen molar-refractivity contribution in [3.05, 3.63) is 59.7 Å². The van der Waals surface area contributed by atoms with Gasteiger partial charge in [-0.15, -0.1) is 0 Å². The number of amidine groups is 1. The Hall–Kier alpha value is -2.60. The average molecular weight is 353 g/mol. The molecule has 1 fully saturated rings. The Morgan fingerprint density at radius 1 is 1.20 bits per heavy atom. The molecule has 3 rings (SSSR count). The minimum absolute atomic E-state index is 0.109. The van der Waals surface area contributed by atoms with Crippen LogP contribution in [0.3, 0.4) is 0 Å². The highest BCUT2D eigenvalue weighted by Gasteiger charge is 2.32. The van der Waals surface area contributed by atoms with E-state index in [1.165, 1.54) is 11.8 Å². The standard InChI is InChI=1S/C19H19N3O2S/c1-12-8-9-15(13(2)10-12)21-17(23)11-16-18(24)22-19(25-16)20-14-6-4-3-5-7-14/h3-10,16H,11H2,1-2H3,(H,21,23)(H,20,22,24)/t16-/m1/s1. The summed E-state index contributed by atoms with van der Waals surface area (Å²) in [6.45, 7) is 3.95. The number of aryl methyl sites for hydroxylation is 2. The first kappa shape index (κ1) is 17.2. The lowest BCUT2D eigenvalue weighted by Gasteiger charge is -2.10. The molecular formula is C19H19N3O2S. The maximum absolute atomic E-state index is 12.3. The van der Waals surface area contributed by atoms with Crippen LogP contribution in [0.1, 0.15) is 17.5 Å². The van der Waals surface area contributed by atoms with Crippen LogP contribution in [-0.2, 0) is 9.59 Å². The van der Waals surface area contributed by atoms with Crippen molar-refractivity contribution in [1.82, 2.24) is 5.32 Å². The Morgan fingerprint density at radius 3 is 2.68 bits per heavy atom. The number of para-hydroxylation sites is 1. The fraction of sp³-hybridized carbons (Fsp3) is 0.211. The molecule has 0 aromatic heterocycles. The lowest BCUT2D eigenvalue weighted by atomic mass is 10.1. The van der Waals surface area contributed by atoms with E-state index in [9.17, 15) is 9.59 Å². The highest BCUT2D eigenvalue weighted by atomic mass is 32.2. The van der Waals surface area contributed by atoms with Crippen molar-refractivity contribution >= 4 is 40.1 Å². The quantitative estimate of drug-likeness (QED) is 0.883. The third kappa shape index (κ3) is 4.48. The van der Waals surface area contributed by atoms with E-state index >= 15 is 0 Å². The molecule has 0 spiro atoms. The lowest BCUT2D eigenvalue weighted by molar-refractivity contribution is -0.122. The molecule has 0 saturated carbocycles. The summed E-state index contributed by atoms with van der Waals surface area (Å²) < 4.78 is 0. The molecule has 2 aromatic rings. The number of hydrogen-bond acceptors (Lipinski definition) is 4. The molecule has 1 aliphatic heterocycles. The number of benzene rings is 2. The molecule has 5 nitrogen and oxygen atoms in total. The Kier molecular flexibility index (Phi) is 5.19. The van der Waals surface area contributed by atoms with Crippen LogP contribution >= 0.6 is 11.8 Å². The second-order valence-electron chi connectivity index (χ2n) is 5.92. The van der Waals surface area contributed by atoms with Crippen LogP contribution in [0.5, 0.6) is 0 Å². The van der Waals surface area contributed by atoms with Crippen LogP contribution in [-0.4, -0.2) is 22.2 Å². The third-order valence-corrected chi connectivity index (χ3v) is 4.87. The fourth-order valence-corrected chi connectivity index (χ4v) is 3.52. The normalized spacial score (nSPS) is 18.2. The summed E-state index contributed by atoms with van der Waals surface area (Å²) in [6.07, 6.45) is 0.109. The molecule has 0 unspecified atom stereocenters. The van der Waals surface area contributed by atoms with Crippen LogP contribution in [0.25, 0.3) is 0 Å². The maximum atomic E-state index is 12.3. The minimum atomic E-state index is -0.465. The van der Waals surface area contributed by atoms with E-state index in [-0.39, 0.29) is 18.2 Å². The van der Waals surface area contributed by atoms with Crippen molar-refractivity contribution in [2.45, 2.75) is 25.5 Å². The van der Waals surface area contributed by atoms with Crippen molar-refractivity contribution in [3.63, 3.8) is 0 Å². The number of thioether (sulfide) groups is 1. The van der Waals surface area contributed by atoms with Gasteiger partial charge in [-0.05, 0) is 37.6 Å². The number of carbonyl (C=O) groups is 2. The minimum Gasteiger partial charge on any atom is -0.326 e. The van der Waals surface area contributed by atoms with Gasteiger partial charge in [0.05, 0.1) is 5.69 Å². The summed E-state index contributed by atoms with van der Waals surface area (Å²) in [7, 11) is 0. The summed E-state index contributed by atoms with van der Waals surface area (Å²) in [5, 5.41) is 5.68. The molecule has 0 bridgehead atoms. The average Bonchev–Trinajstić information content (AvgIpc) is 2.90. The Morgan fingerprint density at radius 2 is 1.96 bits per heavy atom. The number of carbonyl (C=O) groups excluding carboxylic acids is 2. The van der Waals surface area contributed by atoms with Gasteiger partial charge in [0.25, 0.3) is 0 Å². The van der Waals surface area contributed by atoms with Crippen molar-refractivity contribution in [3.8, 4) is 0 Å². The molecule has 1 aliphatic rings. The van der Waals surface area contributed by atoms with E-state index in [4.69, 9.17) is 0 Å². The molecule has 2 N–H and O–H groups in total. The molecule has 1 heterocycles. The van der Waals surface area contributed by atoms with Gasteiger partial charge in [0.15, 0.2) is 5.17 Å². The second kappa shape index (κ2) is 7.53. The number of nitrogens with one attached hydrogen (secondary N) is 2. The van der Waals surface area contributed by atoms with E-state index in [0.29, 0.717) is 5.17 Å². The Balaban J connectivity index is 1.62. The van der Waals surface area contributed by atoms with Crippen LogP contribution in [0, 0.1) is 13.8 Å². The molecule has 2 aromatic carbocycles. The molecule has 0 aliphatic carbocycles. The van der Waals surface area contributed by atoms with E-state index in [2.05, 4.69) is 15.6 Å². The maximum Gasteiger partial charge on any atom is 0.240 e. The zero-order valence-corrected chi connectivity index (χ0v) is 14.9. The first-order chi connectivity index (χ1) is 12.0. The predicted molar refractivity (Wildman–Crippen MR) is 102 cm³/mol. The number of amides is 2. The van der Waals surface area contributed by atoms with E-state index in [0.717, 1.165) is 22.5 Å². The van der Waals surface area contributed by atoms with E-state index < -0.39 is 5.25 Å². The molecule has 6 heteroatoms. The molecular weight excluding hydrogens is 334 g/mol. The zero-order chi connectivity index (χ0) is 17.8. The van der Waals surface area contributed by atoms with Gasteiger partial charge in [0, 0.05) is 12.1 Å². The smallest absolute Gasteiger partial charge is 0.240 e. The molecule has 0 radical (unpaired) electrons. The van der Waals surface area contributed by atoms with Gasteiger partial charge >= 0.3 is 0 Å². The predicted octanol–water partition coefficient (Wildman–Crippen LogP) is 3.55. The second-order valence-corrected chi connectivity index (χ2v) is 7.11. The molecule has 25 heavy (non-hydrogen) atoms. The number of rotatable bonds is 4. The van der Waals surface area contributed by atoms with Gasteiger partial charge in [-0.1, -0.05) is 47.7 Å². The highest BCUT2D eigenvalue weighted by molar-refractivity contribution is 8.15. The van der Waals surface area contributed by atoms with Crippen molar-refractivity contribution in [2.24, 2.45) is 4.99 Å². The lowest BCUT2D eigenvalue weighted by Crippen LogP contribution is -2.28. The largest absolute Gasteiger partial charge is 0.326 e. The van der Waals surface area contributed by atoms with Gasteiger partial charge in [-0.3, -0.25) is 9.59 Å².